The van der Waals surface area contributed by atoms with Crippen LogP contribution < -0.4 is 14.8 Å². The SMILES string of the molecule is CCOc1ccccc1OCC(=O)NC(CCSC)C(=O)O. The van der Waals surface area contributed by atoms with Crippen LogP contribution in [0.4, 0.5) is 0 Å². The Kier molecular flexibility index (Phi) is 8.21. The maximum absolute atomic E-state index is 11.8. The van der Waals surface area contributed by atoms with Gasteiger partial charge in [-0.05, 0) is 37.5 Å². The lowest BCUT2D eigenvalue weighted by molar-refractivity contribution is -0.142. The fraction of sp³-hybridized carbons (Fsp3) is 0.467. The minimum absolute atomic E-state index is 0.257. The van der Waals surface area contributed by atoms with Crippen LogP contribution in [0.15, 0.2) is 24.3 Å². The third-order valence-corrected chi connectivity index (χ3v) is 3.40. The summed E-state index contributed by atoms with van der Waals surface area (Å²) < 4.78 is 10.8. The van der Waals surface area contributed by atoms with Gasteiger partial charge in [-0.15, -0.1) is 0 Å². The molecule has 7 heteroatoms. The number of carboxylic acid groups (broad SMARTS) is 1. The van der Waals surface area contributed by atoms with Crippen molar-refractivity contribution in [3.05, 3.63) is 24.3 Å². The van der Waals surface area contributed by atoms with Gasteiger partial charge in [-0.25, -0.2) is 4.79 Å². The number of rotatable bonds is 10. The second-order valence-corrected chi connectivity index (χ2v) is 5.39. The molecule has 0 saturated heterocycles. The molecule has 0 bridgehead atoms. The number of hydrogen-bond donors (Lipinski definition) is 2. The maximum Gasteiger partial charge on any atom is 0.326 e. The normalized spacial score (nSPS) is 11.5. The highest BCUT2D eigenvalue weighted by Gasteiger charge is 2.19. The van der Waals surface area contributed by atoms with Gasteiger partial charge in [-0.1, -0.05) is 12.1 Å². The molecule has 6 nitrogen and oxygen atoms in total. The zero-order valence-corrected chi connectivity index (χ0v) is 13.5. The minimum atomic E-state index is -1.04. The summed E-state index contributed by atoms with van der Waals surface area (Å²) in [7, 11) is 0. The van der Waals surface area contributed by atoms with Crippen LogP contribution in [-0.2, 0) is 9.59 Å². The Morgan fingerprint density at radius 1 is 1.27 bits per heavy atom. The zero-order chi connectivity index (χ0) is 16.4. The van der Waals surface area contributed by atoms with E-state index >= 15 is 0 Å². The first-order chi connectivity index (χ1) is 10.6. The third-order valence-electron chi connectivity index (χ3n) is 2.75. The number of amides is 1. The molecule has 0 aliphatic heterocycles. The molecule has 1 unspecified atom stereocenters. The van der Waals surface area contributed by atoms with Crippen LogP contribution in [0.1, 0.15) is 13.3 Å². The Morgan fingerprint density at radius 2 is 1.91 bits per heavy atom. The quantitative estimate of drug-likeness (QED) is 0.681. The number of carbonyl (C=O) groups is 2. The fourth-order valence-electron chi connectivity index (χ4n) is 1.72. The van der Waals surface area contributed by atoms with Crippen LogP contribution in [0.5, 0.6) is 11.5 Å². The second-order valence-electron chi connectivity index (χ2n) is 4.41. The highest BCUT2D eigenvalue weighted by molar-refractivity contribution is 7.98. The Bertz CT molecular complexity index is 495. The predicted molar refractivity (Wildman–Crippen MR) is 85.7 cm³/mol. The summed E-state index contributed by atoms with van der Waals surface area (Å²) in [4.78, 5) is 22.9. The first kappa shape index (κ1) is 18.2. The van der Waals surface area contributed by atoms with Gasteiger partial charge in [0, 0.05) is 0 Å². The summed E-state index contributed by atoms with van der Waals surface area (Å²) in [6, 6.07) is 6.12. The molecule has 0 aliphatic carbocycles. The standard InChI is InChI=1S/C15H21NO5S/c1-3-20-12-6-4-5-7-13(12)21-10-14(17)16-11(15(18)19)8-9-22-2/h4-7,11H,3,8-10H2,1-2H3,(H,16,17)(H,18,19). The summed E-state index contributed by atoms with van der Waals surface area (Å²) in [5.41, 5.74) is 0. The van der Waals surface area contributed by atoms with Crippen molar-refractivity contribution in [1.82, 2.24) is 5.32 Å². The molecule has 1 aromatic carbocycles. The molecule has 1 rings (SSSR count). The molecular formula is C15H21NO5S. The molecule has 2 N–H and O–H groups in total. The molecule has 1 aromatic rings. The zero-order valence-electron chi connectivity index (χ0n) is 12.7. The Balaban J connectivity index is 2.53. The molecular weight excluding hydrogens is 306 g/mol. The van der Waals surface area contributed by atoms with Crippen molar-refractivity contribution >= 4 is 23.6 Å². The first-order valence-electron chi connectivity index (χ1n) is 6.94. The second kappa shape index (κ2) is 9.94. The first-order valence-corrected chi connectivity index (χ1v) is 8.33. The molecule has 1 atom stereocenters. The van der Waals surface area contributed by atoms with Crippen molar-refractivity contribution in [1.29, 1.82) is 0 Å². The van der Waals surface area contributed by atoms with Gasteiger partial charge < -0.3 is 19.9 Å². The molecule has 0 aliphatic rings. The topological polar surface area (TPSA) is 84.9 Å². The predicted octanol–water partition coefficient (Wildman–Crippen LogP) is 1.79. The molecule has 22 heavy (non-hydrogen) atoms. The lowest BCUT2D eigenvalue weighted by atomic mass is 10.2. The van der Waals surface area contributed by atoms with Crippen molar-refractivity contribution < 1.29 is 24.2 Å². The molecule has 0 aromatic heterocycles. The fourth-order valence-corrected chi connectivity index (χ4v) is 2.19. The summed E-state index contributed by atoms with van der Waals surface area (Å²) in [5, 5.41) is 11.5. The third kappa shape index (κ3) is 6.26. The van der Waals surface area contributed by atoms with E-state index in [9.17, 15) is 9.59 Å². The van der Waals surface area contributed by atoms with Gasteiger partial charge in [0.25, 0.3) is 5.91 Å². The Labute approximate surface area is 134 Å². The average Bonchev–Trinajstić information content (AvgIpc) is 2.50. The lowest BCUT2D eigenvalue weighted by Crippen LogP contribution is -2.43. The summed E-state index contributed by atoms with van der Waals surface area (Å²) in [6.45, 7) is 2.09. The van der Waals surface area contributed by atoms with Crippen LogP contribution in [0.3, 0.4) is 0 Å². The number of thioether (sulfide) groups is 1. The van der Waals surface area contributed by atoms with Crippen molar-refractivity contribution in [3.63, 3.8) is 0 Å². The van der Waals surface area contributed by atoms with E-state index in [2.05, 4.69) is 5.32 Å². The summed E-state index contributed by atoms with van der Waals surface area (Å²) in [6.07, 6.45) is 2.26. The van der Waals surface area contributed by atoms with Crippen LogP contribution >= 0.6 is 11.8 Å². The highest BCUT2D eigenvalue weighted by Crippen LogP contribution is 2.26. The van der Waals surface area contributed by atoms with E-state index in [-0.39, 0.29) is 6.61 Å². The number of benzene rings is 1. The van der Waals surface area contributed by atoms with E-state index in [1.54, 1.807) is 24.3 Å². The van der Waals surface area contributed by atoms with Gasteiger partial charge in [0.2, 0.25) is 0 Å². The van der Waals surface area contributed by atoms with E-state index in [1.165, 1.54) is 11.8 Å². The average molecular weight is 327 g/mol. The Hall–Kier alpha value is -1.89. The van der Waals surface area contributed by atoms with E-state index in [4.69, 9.17) is 14.6 Å². The van der Waals surface area contributed by atoms with Gasteiger partial charge in [-0.2, -0.15) is 11.8 Å². The van der Waals surface area contributed by atoms with Crippen molar-refractivity contribution in [3.8, 4) is 11.5 Å². The monoisotopic (exact) mass is 327 g/mol. The van der Waals surface area contributed by atoms with Crippen molar-refractivity contribution in [2.45, 2.75) is 19.4 Å². The smallest absolute Gasteiger partial charge is 0.326 e. The number of hydrogen-bond acceptors (Lipinski definition) is 5. The lowest BCUT2D eigenvalue weighted by Gasteiger charge is -2.15. The number of para-hydroxylation sites is 2. The number of carbonyl (C=O) groups excluding carboxylic acids is 1. The van der Waals surface area contributed by atoms with Crippen LogP contribution in [0, 0.1) is 0 Å². The van der Waals surface area contributed by atoms with Crippen molar-refractivity contribution in [2.75, 3.05) is 25.2 Å². The van der Waals surface area contributed by atoms with Gasteiger partial charge in [-0.3, -0.25) is 4.79 Å². The van der Waals surface area contributed by atoms with E-state index in [0.717, 1.165) is 0 Å². The minimum Gasteiger partial charge on any atom is -0.490 e. The molecule has 0 saturated carbocycles. The largest absolute Gasteiger partial charge is 0.490 e. The number of carboxylic acids is 1. The highest BCUT2D eigenvalue weighted by atomic mass is 32.2. The summed E-state index contributed by atoms with van der Waals surface area (Å²) in [5.74, 6) is 0.146. The number of aliphatic carboxylic acids is 1. The maximum atomic E-state index is 11.8. The molecule has 1 amide bonds. The van der Waals surface area contributed by atoms with E-state index in [1.807, 2.05) is 13.2 Å². The van der Waals surface area contributed by atoms with Crippen LogP contribution in [0.25, 0.3) is 0 Å². The van der Waals surface area contributed by atoms with Crippen LogP contribution in [0.2, 0.25) is 0 Å². The van der Waals surface area contributed by atoms with Gasteiger partial charge in [0.1, 0.15) is 6.04 Å². The molecule has 0 radical (unpaired) electrons. The molecule has 0 fully saturated rings. The van der Waals surface area contributed by atoms with Gasteiger partial charge in [0.15, 0.2) is 18.1 Å². The molecule has 0 spiro atoms. The summed E-state index contributed by atoms with van der Waals surface area (Å²) >= 11 is 1.53. The number of nitrogens with one attached hydrogen (secondary N) is 1. The molecule has 122 valence electrons. The van der Waals surface area contributed by atoms with Gasteiger partial charge >= 0.3 is 5.97 Å². The van der Waals surface area contributed by atoms with E-state index < -0.39 is 17.9 Å². The van der Waals surface area contributed by atoms with Crippen molar-refractivity contribution in [2.24, 2.45) is 0 Å². The van der Waals surface area contributed by atoms with Crippen LogP contribution in [-0.4, -0.2) is 48.2 Å². The Morgan fingerprint density at radius 3 is 2.45 bits per heavy atom. The van der Waals surface area contributed by atoms with E-state index in [0.29, 0.717) is 30.3 Å². The van der Waals surface area contributed by atoms with Gasteiger partial charge in [0.05, 0.1) is 6.61 Å². The number of ether oxygens (including phenoxy) is 2. The molecule has 0 heterocycles.